The molecule has 0 unspecified atom stereocenters. The SMILES string of the molecule is c1cc(-c2nnc(-c3ccc(-c4nnc(-c5cccc(-c6cccc7ccccc67)n5)s4)s3)s2)nc(-c2cccc3ccccc23)c1. The van der Waals surface area contributed by atoms with Gasteiger partial charge in [-0.2, -0.15) is 0 Å². The topological polar surface area (TPSA) is 77.3 Å². The first-order chi connectivity index (χ1) is 23.3. The van der Waals surface area contributed by atoms with E-state index in [1.807, 2.05) is 36.4 Å². The van der Waals surface area contributed by atoms with Gasteiger partial charge in [0.2, 0.25) is 0 Å². The fraction of sp³-hybridized carbons (Fsp3) is 0. The van der Waals surface area contributed by atoms with Crippen LogP contribution in [0.4, 0.5) is 0 Å². The van der Waals surface area contributed by atoms with E-state index in [0.29, 0.717) is 0 Å². The van der Waals surface area contributed by atoms with Gasteiger partial charge in [-0.05, 0) is 57.9 Å². The van der Waals surface area contributed by atoms with Crippen LogP contribution in [0.25, 0.3) is 85.2 Å². The molecule has 4 aromatic carbocycles. The van der Waals surface area contributed by atoms with Crippen molar-refractivity contribution in [1.82, 2.24) is 30.4 Å². The van der Waals surface area contributed by atoms with Crippen LogP contribution in [0.1, 0.15) is 0 Å². The van der Waals surface area contributed by atoms with Crippen molar-refractivity contribution in [2.75, 3.05) is 0 Å². The van der Waals surface area contributed by atoms with Gasteiger partial charge in [-0.15, -0.1) is 31.7 Å². The number of hydrogen-bond acceptors (Lipinski definition) is 9. The largest absolute Gasteiger partial charge is 0.245 e. The molecule has 9 heteroatoms. The lowest BCUT2D eigenvalue weighted by Crippen LogP contribution is -1.88. The summed E-state index contributed by atoms with van der Waals surface area (Å²) >= 11 is 4.71. The number of thiophene rings is 1. The maximum absolute atomic E-state index is 4.98. The molecule has 6 nitrogen and oxygen atoms in total. The summed E-state index contributed by atoms with van der Waals surface area (Å²) in [5.74, 6) is 0. The van der Waals surface area contributed by atoms with E-state index >= 15 is 0 Å². The zero-order valence-electron chi connectivity index (χ0n) is 24.6. The Morgan fingerprint density at radius 1 is 0.319 bits per heavy atom. The van der Waals surface area contributed by atoms with E-state index < -0.39 is 0 Å². The number of nitrogens with zero attached hydrogens (tertiary/aromatic N) is 6. The molecule has 0 radical (unpaired) electrons. The van der Waals surface area contributed by atoms with Gasteiger partial charge in [-0.1, -0.05) is 120 Å². The molecule has 0 aliphatic rings. The normalized spacial score (nSPS) is 11.4. The molecule has 0 bridgehead atoms. The fourth-order valence-corrected chi connectivity index (χ4v) is 8.46. The average molecular weight is 659 g/mol. The minimum absolute atomic E-state index is 0.785. The van der Waals surface area contributed by atoms with Crippen LogP contribution in [0.2, 0.25) is 0 Å². The first-order valence-electron chi connectivity index (χ1n) is 15.0. The van der Waals surface area contributed by atoms with Crippen LogP contribution >= 0.6 is 34.0 Å². The van der Waals surface area contributed by atoms with Gasteiger partial charge >= 0.3 is 0 Å². The maximum Gasteiger partial charge on any atom is 0.166 e. The second kappa shape index (κ2) is 11.7. The first kappa shape index (κ1) is 27.8. The first-order valence-corrected chi connectivity index (χ1v) is 17.4. The number of aromatic nitrogens is 6. The summed E-state index contributed by atoms with van der Waals surface area (Å²) in [4.78, 5) is 12.0. The zero-order chi connectivity index (χ0) is 31.2. The minimum atomic E-state index is 0.785. The molecule has 9 aromatic rings. The molecule has 0 N–H and O–H groups in total. The molecule has 0 fully saturated rings. The molecule has 0 amide bonds. The summed E-state index contributed by atoms with van der Waals surface area (Å²) in [7, 11) is 0. The van der Waals surface area contributed by atoms with E-state index in [4.69, 9.17) is 9.97 Å². The summed E-state index contributed by atoms with van der Waals surface area (Å²) in [6.45, 7) is 0. The number of pyridine rings is 2. The van der Waals surface area contributed by atoms with Crippen LogP contribution in [0, 0.1) is 0 Å². The average Bonchev–Trinajstić information content (AvgIpc) is 3.93. The van der Waals surface area contributed by atoms with Gasteiger partial charge < -0.3 is 0 Å². The smallest absolute Gasteiger partial charge is 0.166 e. The van der Waals surface area contributed by atoms with Crippen molar-refractivity contribution in [2.45, 2.75) is 0 Å². The van der Waals surface area contributed by atoms with Crippen LogP contribution in [0.3, 0.4) is 0 Å². The summed E-state index contributed by atoms with van der Waals surface area (Å²) in [6.07, 6.45) is 0. The maximum atomic E-state index is 4.98. The Kier molecular flexibility index (Phi) is 6.93. The van der Waals surface area contributed by atoms with E-state index in [1.165, 1.54) is 21.5 Å². The Hall–Kier alpha value is -5.48. The molecule has 0 atom stereocenters. The van der Waals surface area contributed by atoms with Gasteiger partial charge in [0.05, 0.1) is 21.1 Å². The van der Waals surface area contributed by atoms with E-state index in [-0.39, 0.29) is 0 Å². The second-order valence-electron chi connectivity index (χ2n) is 10.9. The highest BCUT2D eigenvalue weighted by atomic mass is 32.1. The van der Waals surface area contributed by atoms with E-state index in [1.54, 1.807) is 34.0 Å². The van der Waals surface area contributed by atoms with Crippen LogP contribution in [-0.4, -0.2) is 30.4 Å². The third-order valence-electron chi connectivity index (χ3n) is 7.95. The van der Waals surface area contributed by atoms with Crippen molar-refractivity contribution in [3.8, 4) is 63.7 Å². The van der Waals surface area contributed by atoms with Crippen molar-refractivity contribution < 1.29 is 0 Å². The number of rotatable bonds is 6. The molecule has 0 saturated heterocycles. The molecule has 0 saturated carbocycles. The number of benzene rings is 4. The highest BCUT2D eigenvalue weighted by molar-refractivity contribution is 7.27. The third-order valence-corrected chi connectivity index (χ3v) is 11.3. The van der Waals surface area contributed by atoms with Gasteiger partial charge in [0.15, 0.2) is 20.0 Å². The molecule has 9 rings (SSSR count). The molecule has 47 heavy (non-hydrogen) atoms. The summed E-state index contributed by atoms with van der Waals surface area (Å²) in [5.41, 5.74) is 5.65. The van der Waals surface area contributed by atoms with Gasteiger partial charge in [-0.3, -0.25) is 0 Å². The minimum Gasteiger partial charge on any atom is -0.245 e. The Morgan fingerprint density at radius 3 is 1.23 bits per heavy atom. The second-order valence-corrected chi connectivity index (χ2v) is 13.9. The highest BCUT2D eigenvalue weighted by Gasteiger charge is 2.17. The third kappa shape index (κ3) is 5.20. The monoisotopic (exact) mass is 658 g/mol. The van der Waals surface area contributed by atoms with E-state index in [2.05, 4.69) is 117 Å². The Labute approximate surface area is 281 Å². The van der Waals surface area contributed by atoms with Crippen molar-refractivity contribution >= 4 is 55.6 Å². The van der Waals surface area contributed by atoms with Crippen LogP contribution in [-0.2, 0) is 0 Å². The van der Waals surface area contributed by atoms with Crippen LogP contribution in [0.5, 0.6) is 0 Å². The molecule has 0 aliphatic heterocycles. The lowest BCUT2D eigenvalue weighted by Gasteiger charge is -2.07. The van der Waals surface area contributed by atoms with Crippen molar-refractivity contribution in [3.63, 3.8) is 0 Å². The summed E-state index contributed by atoms with van der Waals surface area (Å²) in [6, 6.07) is 45.7. The standard InChI is InChI=1S/C38H22N6S3/c1-3-13-25-23(9-1)11-5-15-27(25)29-17-7-19-31(39-29)35-41-43-37(46-35)33-21-22-34(45-33)38-44-42-36(47-38)32-20-8-18-30(40-32)28-16-6-12-24-10-2-4-14-26(24)28/h1-22H. The van der Waals surface area contributed by atoms with Crippen molar-refractivity contribution in [1.29, 1.82) is 0 Å². The van der Waals surface area contributed by atoms with Crippen molar-refractivity contribution in [3.05, 3.63) is 133 Å². The Balaban J connectivity index is 0.978. The van der Waals surface area contributed by atoms with Gasteiger partial charge in [0.25, 0.3) is 0 Å². The molecule has 0 aliphatic carbocycles. The van der Waals surface area contributed by atoms with Crippen LogP contribution in [0.15, 0.2) is 133 Å². The molecule has 222 valence electrons. The highest BCUT2D eigenvalue weighted by Crippen LogP contribution is 2.40. The van der Waals surface area contributed by atoms with Gasteiger partial charge in [-0.25, -0.2) is 9.97 Å². The predicted octanol–water partition coefficient (Wildman–Crippen LogP) is 10.5. The van der Waals surface area contributed by atoms with Gasteiger partial charge in [0.1, 0.15) is 11.4 Å². The molecule has 5 aromatic heterocycles. The molecule has 5 heterocycles. The lowest BCUT2D eigenvalue weighted by atomic mass is 10.0. The number of hydrogen-bond donors (Lipinski definition) is 0. The zero-order valence-corrected chi connectivity index (χ0v) is 27.1. The van der Waals surface area contributed by atoms with Crippen molar-refractivity contribution in [2.24, 2.45) is 0 Å². The predicted molar refractivity (Wildman–Crippen MR) is 194 cm³/mol. The summed E-state index contributed by atoms with van der Waals surface area (Å²) < 4.78 is 0. The lowest BCUT2D eigenvalue weighted by molar-refractivity contribution is 1.09. The quantitative estimate of drug-likeness (QED) is 0.177. The fourth-order valence-electron chi connectivity index (χ4n) is 5.73. The van der Waals surface area contributed by atoms with E-state index in [0.717, 1.165) is 63.7 Å². The van der Waals surface area contributed by atoms with Gasteiger partial charge in [0, 0.05) is 11.1 Å². The molecule has 0 spiro atoms. The number of fused-ring (bicyclic) bond motifs is 2. The summed E-state index contributed by atoms with van der Waals surface area (Å²) in [5, 5.41) is 26.1. The molecular weight excluding hydrogens is 637 g/mol. The Bertz CT molecular complexity index is 2380. The Morgan fingerprint density at radius 2 is 0.723 bits per heavy atom. The van der Waals surface area contributed by atoms with E-state index in [9.17, 15) is 0 Å². The molecular formula is C38H22N6S3. The van der Waals surface area contributed by atoms with Crippen LogP contribution < -0.4 is 0 Å².